The second kappa shape index (κ2) is 9.89. The van der Waals surface area contributed by atoms with E-state index in [0.29, 0.717) is 5.75 Å². The highest BCUT2D eigenvalue weighted by molar-refractivity contribution is 5.57. The van der Waals surface area contributed by atoms with Crippen molar-refractivity contribution < 1.29 is 5.11 Å². The lowest BCUT2D eigenvalue weighted by molar-refractivity contribution is 0.463. The van der Waals surface area contributed by atoms with E-state index >= 15 is 0 Å². The van der Waals surface area contributed by atoms with Gasteiger partial charge in [-0.1, -0.05) is 99.6 Å². The van der Waals surface area contributed by atoms with E-state index in [0.717, 1.165) is 5.56 Å². The van der Waals surface area contributed by atoms with Crippen LogP contribution in [0.2, 0.25) is 0 Å². The molecule has 0 aliphatic heterocycles. The maximum absolute atomic E-state index is 11.3. The Kier molecular flexibility index (Phi) is 6.93. The standard InChI is InChI=1S/C33H36O/c1-21-13-7-10-16-27(21)24(4)30-19-20-31(34)33(26(6)29-18-12-9-15-23(29)3)32(30)25(5)28-17-11-8-14-22(28)2/h7-20,24-26,34H,1-6H3/t24-,25-,26-/m1/s1. The van der Waals surface area contributed by atoms with Gasteiger partial charge in [0.15, 0.2) is 0 Å². The molecule has 0 saturated heterocycles. The minimum Gasteiger partial charge on any atom is -0.508 e. The molecule has 0 fully saturated rings. The van der Waals surface area contributed by atoms with Crippen LogP contribution in [0, 0.1) is 20.8 Å². The highest BCUT2D eigenvalue weighted by atomic mass is 16.3. The molecular formula is C33H36O. The molecule has 0 amide bonds. The van der Waals surface area contributed by atoms with Crippen molar-refractivity contribution in [3.05, 3.63) is 135 Å². The second-order valence-electron chi connectivity index (χ2n) is 9.74. The quantitative estimate of drug-likeness (QED) is 0.312. The molecule has 0 saturated carbocycles. The molecule has 4 aromatic carbocycles. The van der Waals surface area contributed by atoms with Crippen molar-refractivity contribution in [1.82, 2.24) is 0 Å². The molecule has 4 rings (SSSR count). The highest BCUT2D eigenvalue weighted by Crippen LogP contribution is 2.45. The Morgan fingerprint density at radius 2 is 0.824 bits per heavy atom. The molecule has 0 aliphatic carbocycles. The maximum atomic E-state index is 11.3. The third-order valence-corrected chi connectivity index (χ3v) is 7.60. The summed E-state index contributed by atoms with van der Waals surface area (Å²) in [6.07, 6.45) is 0. The molecular weight excluding hydrogens is 412 g/mol. The third-order valence-electron chi connectivity index (χ3n) is 7.60. The third kappa shape index (κ3) is 4.40. The molecule has 4 aromatic rings. The molecule has 0 aromatic heterocycles. The highest BCUT2D eigenvalue weighted by Gasteiger charge is 2.28. The van der Waals surface area contributed by atoms with E-state index < -0.39 is 0 Å². The first-order valence-electron chi connectivity index (χ1n) is 12.3. The molecule has 1 heteroatoms. The van der Waals surface area contributed by atoms with Crippen molar-refractivity contribution in [2.75, 3.05) is 0 Å². The van der Waals surface area contributed by atoms with E-state index in [1.54, 1.807) is 0 Å². The summed E-state index contributed by atoms with van der Waals surface area (Å²) in [6, 6.07) is 29.9. The van der Waals surface area contributed by atoms with Crippen molar-refractivity contribution in [2.24, 2.45) is 0 Å². The Hall–Kier alpha value is -3.32. The van der Waals surface area contributed by atoms with Gasteiger partial charge in [-0.05, 0) is 71.3 Å². The number of phenolic OH excluding ortho intramolecular Hbond substituents is 1. The van der Waals surface area contributed by atoms with Crippen molar-refractivity contribution in [3.63, 3.8) is 0 Å². The lowest BCUT2D eigenvalue weighted by Gasteiger charge is -2.29. The number of aromatic hydroxyl groups is 1. The summed E-state index contributed by atoms with van der Waals surface area (Å²) in [4.78, 5) is 0. The van der Waals surface area contributed by atoms with Crippen LogP contribution in [0.15, 0.2) is 84.9 Å². The minimum absolute atomic E-state index is 0.0756. The normalized spacial score (nSPS) is 13.9. The van der Waals surface area contributed by atoms with E-state index in [2.05, 4.69) is 120 Å². The van der Waals surface area contributed by atoms with Gasteiger partial charge in [0.1, 0.15) is 5.75 Å². The first-order chi connectivity index (χ1) is 16.3. The monoisotopic (exact) mass is 448 g/mol. The van der Waals surface area contributed by atoms with Gasteiger partial charge in [0.05, 0.1) is 0 Å². The molecule has 0 unspecified atom stereocenters. The second-order valence-corrected chi connectivity index (χ2v) is 9.74. The smallest absolute Gasteiger partial charge is 0.119 e. The van der Waals surface area contributed by atoms with Gasteiger partial charge in [-0.15, -0.1) is 0 Å². The number of hydrogen-bond acceptors (Lipinski definition) is 1. The van der Waals surface area contributed by atoms with Crippen LogP contribution in [0.5, 0.6) is 5.75 Å². The summed E-state index contributed by atoms with van der Waals surface area (Å²) < 4.78 is 0. The number of benzene rings is 4. The van der Waals surface area contributed by atoms with Crippen molar-refractivity contribution in [1.29, 1.82) is 0 Å². The molecule has 0 bridgehead atoms. The average molecular weight is 449 g/mol. The Morgan fingerprint density at radius 3 is 1.26 bits per heavy atom. The molecule has 3 atom stereocenters. The molecule has 0 heterocycles. The summed E-state index contributed by atoms with van der Waals surface area (Å²) >= 11 is 0. The first kappa shape index (κ1) is 23.8. The fourth-order valence-corrected chi connectivity index (χ4v) is 5.65. The molecule has 0 aliphatic rings. The average Bonchev–Trinajstić information content (AvgIpc) is 2.83. The molecule has 0 radical (unpaired) electrons. The van der Waals surface area contributed by atoms with Gasteiger partial charge in [0.2, 0.25) is 0 Å². The zero-order valence-corrected chi connectivity index (χ0v) is 21.3. The lowest BCUT2D eigenvalue weighted by Crippen LogP contribution is -2.13. The van der Waals surface area contributed by atoms with Gasteiger partial charge >= 0.3 is 0 Å². The topological polar surface area (TPSA) is 20.2 Å². The molecule has 1 nitrogen and oxygen atoms in total. The van der Waals surface area contributed by atoms with Gasteiger partial charge in [-0.3, -0.25) is 0 Å². The van der Waals surface area contributed by atoms with Gasteiger partial charge in [-0.2, -0.15) is 0 Å². The zero-order valence-electron chi connectivity index (χ0n) is 21.3. The van der Waals surface area contributed by atoms with Crippen LogP contribution >= 0.6 is 0 Å². The molecule has 174 valence electrons. The first-order valence-corrected chi connectivity index (χ1v) is 12.3. The Labute approximate surface area is 205 Å². The summed E-state index contributed by atoms with van der Waals surface area (Å²) in [6.45, 7) is 13.3. The van der Waals surface area contributed by atoms with Crippen LogP contribution in [-0.4, -0.2) is 5.11 Å². The van der Waals surface area contributed by atoms with E-state index in [1.807, 2.05) is 6.07 Å². The summed E-state index contributed by atoms with van der Waals surface area (Å²) in [5.41, 5.74) is 11.3. The Bertz CT molecular complexity index is 1300. The van der Waals surface area contributed by atoms with Gasteiger partial charge < -0.3 is 5.11 Å². The predicted octanol–water partition coefficient (Wildman–Crippen LogP) is 8.77. The Morgan fingerprint density at radius 1 is 0.441 bits per heavy atom. The number of rotatable bonds is 6. The van der Waals surface area contributed by atoms with Crippen molar-refractivity contribution in [3.8, 4) is 5.75 Å². The van der Waals surface area contributed by atoms with Crippen LogP contribution in [0.3, 0.4) is 0 Å². The summed E-state index contributed by atoms with van der Waals surface area (Å²) in [5, 5.41) is 11.3. The summed E-state index contributed by atoms with van der Waals surface area (Å²) in [7, 11) is 0. The van der Waals surface area contributed by atoms with E-state index in [9.17, 15) is 5.11 Å². The van der Waals surface area contributed by atoms with Gasteiger partial charge in [-0.25, -0.2) is 0 Å². The fourth-order valence-electron chi connectivity index (χ4n) is 5.65. The molecule has 1 N–H and O–H groups in total. The zero-order chi connectivity index (χ0) is 24.4. The van der Waals surface area contributed by atoms with E-state index in [-0.39, 0.29) is 17.8 Å². The number of phenols is 1. The largest absolute Gasteiger partial charge is 0.508 e. The van der Waals surface area contributed by atoms with Crippen LogP contribution in [0.1, 0.15) is 88.6 Å². The summed E-state index contributed by atoms with van der Waals surface area (Å²) in [5.74, 6) is 0.820. The molecule has 0 spiro atoms. The lowest BCUT2D eigenvalue weighted by atomic mass is 9.75. The van der Waals surface area contributed by atoms with Crippen LogP contribution in [0.4, 0.5) is 0 Å². The fraction of sp³-hybridized carbons (Fsp3) is 0.273. The van der Waals surface area contributed by atoms with Gasteiger partial charge in [0, 0.05) is 23.3 Å². The molecule has 34 heavy (non-hydrogen) atoms. The number of hydrogen-bond donors (Lipinski definition) is 1. The van der Waals surface area contributed by atoms with Crippen LogP contribution in [-0.2, 0) is 0 Å². The number of aryl methyl sites for hydroxylation is 3. The van der Waals surface area contributed by atoms with Crippen LogP contribution in [0.25, 0.3) is 0 Å². The van der Waals surface area contributed by atoms with Crippen molar-refractivity contribution >= 4 is 0 Å². The van der Waals surface area contributed by atoms with Crippen LogP contribution < -0.4 is 0 Å². The van der Waals surface area contributed by atoms with Crippen molar-refractivity contribution in [2.45, 2.75) is 59.3 Å². The van der Waals surface area contributed by atoms with E-state index in [1.165, 1.54) is 44.5 Å². The Balaban J connectivity index is 1.99. The minimum atomic E-state index is 0.0756. The SMILES string of the molecule is Cc1ccccc1[C@@H](C)c1ccc(O)c([C@H](C)c2ccccc2C)c1[C@H](C)c1ccccc1C. The predicted molar refractivity (Wildman–Crippen MR) is 144 cm³/mol. The maximum Gasteiger partial charge on any atom is 0.119 e. The van der Waals surface area contributed by atoms with Gasteiger partial charge in [0.25, 0.3) is 0 Å². The van der Waals surface area contributed by atoms with E-state index in [4.69, 9.17) is 0 Å².